The number of nitrogens with zero attached hydrogens (tertiary/aromatic N) is 1. The maximum Gasteiger partial charge on any atom is 0.337 e. The molecular formula is C32H25N3O3. The van der Waals surface area contributed by atoms with Gasteiger partial charge in [-0.15, -0.1) is 0 Å². The summed E-state index contributed by atoms with van der Waals surface area (Å²) in [4.78, 5) is 29.4. The van der Waals surface area contributed by atoms with E-state index in [1.54, 1.807) is 24.4 Å². The molecule has 5 aromatic rings. The molecular weight excluding hydrogens is 474 g/mol. The molecule has 1 aromatic heterocycles. The molecule has 0 aliphatic heterocycles. The van der Waals surface area contributed by atoms with Crippen molar-refractivity contribution in [3.8, 4) is 22.3 Å². The van der Waals surface area contributed by atoms with Gasteiger partial charge in [0.15, 0.2) is 0 Å². The second-order valence-corrected chi connectivity index (χ2v) is 8.73. The molecule has 0 saturated carbocycles. The average molecular weight is 500 g/mol. The van der Waals surface area contributed by atoms with Crippen LogP contribution in [0, 0.1) is 0 Å². The highest BCUT2D eigenvalue weighted by atomic mass is 16.4. The molecule has 0 fully saturated rings. The highest BCUT2D eigenvalue weighted by Gasteiger charge is 2.17. The summed E-state index contributed by atoms with van der Waals surface area (Å²) >= 11 is 0. The van der Waals surface area contributed by atoms with Crippen LogP contribution in [0.25, 0.3) is 22.3 Å². The summed E-state index contributed by atoms with van der Waals surface area (Å²) in [5.74, 6) is -1.57. The Hall–Kier alpha value is -5.23. The summed E-state index contributed by atoms with van der Waals surface area (Å²) in [6, 6.07) is 34.2. The zero-order valence-electron chi connectivity index (χ0n) is 20.5. The van der Waals surface area contributed by atoms with Gasteiger partial charge in [0.2, 0.25) is 0 Å². The summed E-state index contributed by atoms with van der Waals surface area (Å²) in [5, 5.41) is 16.0. The number of carbonyl (C=O) groups excluding carboxylic acids is 1. The fourth-order valence-electron chi connectivity index (χ4n) is 4.23. The van der Waals surface area contributed by atoms with Gasteiger partial charge in [-0.2, -0.15) is 0 Å². The van der Waals surface area contributed by atoms with Gasteiger partial charge in [0.25, 0.3) is 5.91 Å². The molecule has 6 heteroatoms. The monoisotopic (exact) mass is 499 g/mol. The lowest BCUT2D eigenvalue weighted by Gasteiger charge is -2.15. The minimum Gasteiger partial charge on any atom is -0.478 e. The van der Waals surface area contributed by atoms with Crippen molar-refractivity contribution in [1.82, 2.24) is 4.98 Å². The van der Waals surface area contributed by atoms with Crippen molar-refractivity contribution in [1.29, 1.82) is 0 Å². The van der Waals surface area contributed by atoms with Crippen LogP contribution in [0.3, 0.4) is 0 Å². The van der Waals surface area contributed by atoms with Crippen LogP contribution in [0.1, 0.15) is 26.3 Å². The van der Waals surface area contributed by atoms with E-state index >= 15 is 0 Å². The normalized spacial score (nSPS) is 10.5. The van der Waals surface area contributed by atoms with Crippen LogP contribution in [0.5, 0.6) is 0 Å². The number of amides is 1. The van der Waals surface area contributed by atoms with E-state index in [0.717, 1.165) is 33.5 Å². The maximum atomic E-state index is 13.2. The lowest BCUT2D eigenvalue weighted by atomic mass is 10.00. The number of carboxylic acids is 1. The van der Waals surface area contributed by atoms with Crippen LogP contribution in [0.15, 0.2) is 122 Å². The highest BCUT2D eigenvalue weighted by molar-refractivity contribution is 6.08. The predicted octanol–water partition coefficient (Wildman–Crippen LogP) is 6.98. The van der Waals surface area contributed by atoms with Crippen LogP contribution in [0.4, 0.5) is 11.4 Å². The number of aromatic carboxylic acids is 1. The highest BCUT2D eigenvalue weighted by Crippen LogP contribution is 2.32. The van der Waals surface area contributed by atoms with Crippen molar-refractivity contribution >= 4 is 23.3 Å². The molecule has 0 aliphatic carbocycles. The number of hydrogen-bond donors (Lipinski definition) is 3. The van der Waals surface area contributed by atoms with E-state index in [4.69, 9.17) is 0 Å². The maximum absolute atomic E-state index is 13.2. The average Bonchev–Trinajstić information content (AvgIpc) is 2.97. The van der Waals surface area contributed by atoms with Crippen LogP contribution >= 0.6 is 0 Å². The minimum atomic E-state index is -1.13. The Balaban J connectivity index is 1.44. The third kappa shape index (κ3) is 5.60. The quantitative estimate of drug-likeness (QED) is 0.214. The number of nitrogens with one attached hydrogen (secondary N) is 2. The number of hydrogen-bond acceptors (Lipinski definition) is 4. The summed E-state index contributed by atoms with van der Waals surface area (Å²) in [6.07, 6.45) is 3.16. The fraction of sp³-hybridized carbons (Fsp3) is 0.0312. The van der Waals surface area contributed by atoms with Crippen LogP contribution < -0.4 is 10.6 Å². The van der Waals surface area contributed by atoms with E-state index in [2.05, 4.69) is 15.6 Å². The van der Waals surface area contributed by atoms with Gasteiger partial charge in [0.1, 0.15) is 0 Å². The molecule has 186 valence electrons. The Bertz CT molecular complexity index is 1580. The van der Waals surface area contributed by atoms with E-state index in [1.807, 2.05) is 84.9 Å². The van der Waals surface area contributed by atoms with E-state index in [1.165, 1.54) is 12.3 Å². The third-order valence-electron chi connectivity index (χ3n) is 6.17. The van der Waals surface area contributed by atoms with Crippen molar-refractivity contribution < 1.29 is 14.7 Å². The van der Waals surface area contributed by atoms with Crippen molar-refractivity contribution in [3.05, 3.63) is 138 Å². The number of para-hydroxylation sites is 1. The van der Waals surface area contributed by atoms with Gasteiger partial charge in [-0.3, -0.25) is 9.78 Å². The molecule has 0 spiro atoms. The van der Waals surface area contributed by atoms with Crippen LogP contribution in [0.2, 0.25) is 0 Å². The second-order valence-electron chi connectivity index (χ2n) is 8.73. The lowest BCUT2D eigenvalue weighted by molar-refractivity contribution is 0.0698. The summed E-state index contributed by atoms with van der Waals surface area (Å²) in [5.41, 5.74) is 5.98. The van der Waals surface area contributed by atoms with Crippen molar-refractivity contribution in [2.24, 2.45) is 0 Å². The first kappa shape index (κ1) is 24.5. The second kappa shape index (κ2) is 11.2. The molecule has 1 amide bonds. The van der Waals surface area contributed by atoms with Gasteiger partial charge in [0.05, 0.1) is 16.8 Å². The van der Waals surface area contributed by atoms with Crippen LogP contribution in [-0.2, 0) is 6.54 Å². The van der Waals surface area contributed by atoms with Crippen LogP contribution in [-0.4, -0.2) is 22.0 Å². The Morgan fingerprint density at radius 1 is 0.684 bits per heavy atom. The fourth-order valence-corrected chi connectivity index (χ4v) is 4.23. The van der Waals surface area contributed by atoms with E-state index in [-0.39, 0.29) is 11.3 Å². The molecule has 1 heterocycles. The first-order valence-electron chi connectivity index (χ1n) is 12.1. The number of rotatable bonds is 8. The lowest BCUT2D eigenvalue weighted by Crippen LogP contribution is -2.15. The summed E-state index contributed by atoms with van der Waals surface area (Å²) in [6.45, 7) is 0.638. The number of carboxylic acid groups (broad SMARTS) is 1. The Labute approximate surface area is 220 Å². The molecule has 38 heavy (non-hydrogen) atoms. The first-order chi connectivity index (χ1) is 18.6. The molecule has 0 radical (unpaired) electrons. The topological polar surface area (TPSA) is 91.3 Å². The van der Waals surface area contributed by atoms with Crippen molar-refractivity contribution in [2.45, 2.75) is 6.54 Å². The van der Waals surface area contributed by atoms with E-state index in [0.29, 0.717) is 12.1 Å². The SMILES string of the molecule is O=C(Nc1cc(-c2ccccc2NCc2ccccc2)ccc1C(=O)O)c1cncc(-c2ccccc2)c1. The van der Waals surface area contributed by atoms with Gasteiger partial charge in [-0.25, -0.2) is 4.79 Å². The van der Waals surface area contributed by atoms with Crippen molar-refractivity contribution in [3.63, 3.8) is 0 Å². The zero-order valence-corrected chi connectivity index (χ0v) is 20.5. The summed E-state index contributed by atoms with van der Waals surface area (Å²) < 4.78 is 0. The molecule has 0 saturated heterocycles. The third-order valence-corrected chi connectivity index (χ3v) is 6.17. The predicted molar refractivity (Wildman–Crippen MR) is 150 cm³/mol. The Morgan fingerprint density at radius 2 is 1.39 bits per heavy atom. The first-order valence-corrected chi connectivity index (χ1v) is 12.1. The zero-order chi connectivity index (χ0) is 26.3. The largest absolute Gasteiger partial charge is 0.478 e. The molecule has 4 aromatic carbocycles. The smallest absolute Gasteiger partial charge is 0.337 e. The van der Waals surface area contributed by atoms with Gasteiger partial charge in [-0.05, 0) is 41.0 Å². The molecule has 0 aliphatic rings. The number of aromatic nitrogens is 1. The van der Waals surface area contributed by atoms with Crippen molar-refractivity contribution in [2.75, 3.05) is 10.6 Å². The van der Waals surface area contributed by atoms with Gasteiger partial charge < -0.3 is 15.7 Å². The molecule has 0 atom stereocenters. The minimum absolute atomic E-state index is 0.00370. The van der Waals surface area contributed by atoms with Gasteiger partial charge in [0, 0.05) is 35.8 Å². The van der Waals surface area contributed by atoms with Gasteiger partial charge in [-0.1, -0.05) is 84.9 Å². The molecule has 3 N–H and O–H groups in total. The molecule has 0 unspecified atom stereocenters. The van der Waals surface area contributed by atoms with E-state index < -0.39 is 11.9 Å². The molecule has 5 rings (SSSR count). The number of carbonyl (C=O) groups is 2. The van der Waals surface area contributed by atoms with Gasteiger partial charge >= 0.3 is 5.97 Å². The Kier molecular flexibility index (Phi) is 7.23. The number of pyridine rings is 1. The molecule has 6 nitrogen and oxygen atoms in total. The standard InChI is InChI=1S/C32H25N3O3/c36-31(26-17-25(20-33-21-26)23-11-5-2-6-12-23)35-30-18-24(15-16-28(30)32(37)38)27-13-7-8-14-29(27)34-19-22-9-3-1-4-10-22/h1-18,20-21,34H,19H2,(H,35,36)(H,37,38). The molecule has 0 bridgehead atoms. The Morgan fingerprint density at radius 3 is 2.16 bits per heavy atom. The van der Waals surface area contributed by atoms with E-state index in [9.17, 15) is 14.7 Å². The number of benzene rings is 4. The summed E-state index contributed by atoms with van der Waals surface area (Å²) in [7, 11) is 0. The number of anilines is 2.